The lowest BCUT2D eigenvalue weighted by Crippen LogP contribution is -2.14. The van der Waals surface area contributed by atoms with Crippen molar-refractivity contribution in [3.05, 3.63) is 181 Å². The second-order valence-corrected chi connectivity index (χ2v) is 14.1. The predicted octanol–water partition coefficient (Wildman–Crippen LogP) is 11.9. The Balaban J connectivity index is 1.24. The lowest BCUT2D eigenvalue weighted by Gasteiger charge is -2.22. The van der Waals surface area contributed by atoms with E-state index < -0.39 is 0 Å². The molecule has 4 nitrogen and oxygen atoms in total. The van der Waals surface area contributed by atoms with Crippen LogP contribution in [-0.4, -0.2) is 19.5 Å². The van der Waals surface area contributed by atoms with Crippen molar-refractivity contribution in [2.75, 3.05) is 0 Å². The zero-order valence-corrected chi connectivity index (χ0v) is 29.0. The van der Waals surface area contributed by atoms with E-state index in [4.69, 9.17) is 15.0 Å². The van der Waals surface area contributed by atoms with E-state index in [1.54, 1.807) is 0 Å². The maximum Gasteiger partial charge on any atom is 0.164 e. The highest BCUT2D eigenvalue weighted by Crippen LogP contribution is 2.49. The van der Waals surface area contributed by atoms with E-state index in [0.29, 0.717) is 17.5 Å². The van der Waals surface area contributed by atoms with Gasteiger partial charge < -0.3 is 4.57 Å². The largest absolute Gasteiger partial charge is 0.309 e. The zero-order chi connectivity index (χ0) is 34.8. The highest BCUT2D eigenvalue weighted by atomic mass is 15.0. The Kier molecular flexibility index (Phi) is 6.80. The van der Waals surface area contributed by atoms with Gasteiger partial charge in [-0.2, -0.15) is 0 Å². The highest BCUT2D eigenvalue weighted by Gasteiger charge is 2.35. The fourth-order valence-corrected chi connectivity index (χ4v) is 8.06. The van der Waals surface area contributed by atoms with E-state index in [1.807, 2.05) is 36.4 Å². The van der Waals surface area contributed by atoms with Gasteiger partial charge in [0.05, 0.1) is 11.0 Å². The van der Waals surface area contributed by atoms with Crippen LogP contribution in [0.15, 0.2) is 170 Å². The fourth-order valence-electron chi connectivity index (χ4n) is 8.06. The van der Waals surface area contributed by atoms with Crippen LogP contribution < -0.4 is 0 Å². The van der Waals surface area contributed by atoms with Gasteiger partial charge in [0.1, 0.15) is 0 Å². The van der Waals surface area contributed by atoms with E-state index in [9.17, 15) is 0 Å². The molecule has 52 heavy (non-hydrogen) atoms. The molecule has 1 aliphatic carbocycles. The van der Waals surface area contributed by atoms with Crippen molar-refractivity contribution < 1.29 is 0 Å². The van der Waals surface area contributed by atoms with E-state index in [2.05, 4.69) is 152 Å². The number of fused-ring (bicyclic) bond motifs is 6. The molecule has 10 rings (SSSR count). The normalized spacial score (nSPS) is 13.0. The van der Waals surface area contributed by atoms with Crippen LogP contribution in [0.1, 0.15) is 25.0 Å². The summed E-state index contributed by atoms with van der Waals surface area (Å²) in [5.41, 5.74) is 13.7. The Morgan fingerprint density at radius 2 is 0.885 bits per heavy atom. The molecule has 9 aromatic rings. The lowest BCUT2D eigenvalue weighted by molar-refractivity contribution is 0.660. The average molecular weight is 667 g/mol. The minimum Gasteiger partial charge on any atom is -0.309 e. The summed E-state index contributed by atoms with van der Waals surface area (Å²) in [6.07, 6.45) is 0. The lowest BCUT2D eigenvalue weighted by atomic mass is 9.81. The second-order valence-electron chi connectivity index (χ2n) is 14.1. The van der Waals surface area contributed by atoms with Crippen molar-refractivity contribution in [1.29, 1.82) is 0 Å². The van der Waals surface area contributed by atoms with Gasteiger partial charge in [-0.1, -0.05) is 147 Å². The number of benzene rings is 7. The van der Waals surface area contributed by atoms with Crippen LogP contribution in [0, 0.1) is 0 Å². The van der Waals surface area contributed by atoms with Crippen LogP contribution in [0.4, 0.5) is 0 Å². The molecule has 2 heterocycles. The Morgan fingerprint density at radius 3 is 1.52 bits per heavy atom. The molecule has 0 fully saturated rings. The van der Waals surface area contributed by atoms with Crippen LogP contribution in [0.5, 0.6) is 0 Å². The molecule has 0 N–H and O–H groups in total. The molecule has 0 atom stereocenters. The van der Waals surface area contributed by atoms with Gasteiger partial charge in [0.25, 0.3) is 0 Å². The molecule has 0 aliphatic heterocycles. The van der Waals surface area contributed by atoms with Gasteiger partial charge in [-0.15, -0.1) is 0 Å². The number of rotatable bonds is 5. The number of hydrogen-bond acceptors (Lipinski definition) is 3. The first kappa shape index (κ1) is 30.2. The van der Waals surface area contributed by atoms with Crippen LogP contribution in [0.2, 0.25) is 0 Å². The van der Waals surface area contributed by atoms with Crippen LogP contribution in [0.25, 0.3) is 83.9 Å². The van der Waals surface area contributed by atoms with Crippen molar-refractivity contribution in [3.63, 3.8) is 0 Å². The van der Waals surface area contributed by atoms with Gasteiger partial charge >= 0.3 is 0 Å². The quantitative estimate of drug-likeness (QED) is 0.184. The average Bonchev–Trinajstić information content (AvgIpc) is 3.66. The van der Waals surface area contributed by atoms with E-state index in [-0.39, 0.29) is 5.41 Å². The molecule has 0 unspecified atom stereocenters. The summed E-state index contributed by atoms with van der Waals surface area (Å²) in [4.78, 5) is 15.3. The van der Waals surface area contributed by atoms with Gasteiger partial charge in [-0.05, 0) is 69.8 Å². The maximum absolute atomic E-state index is 5.16. The smallest absolute Gasteiger partial charge is 0.164 e. The van der Waals surface area contributed by atoms with Crippen molar-refractivity contribution >= 4 is 21.8 Å². The molecule has 0 saturated carbocycles. The molecule has 2 aromatic heterocycles. The van der Waals surface area contributed by atoms with E-state index in [0.717, 1.165) is 44.5 Å². The van der Waals surface area contributed by atoms with Gasteiger partial charge in [0.2, 0.25) is 0 Å². The summed E-state index contributed by atoms with van der Waals surface area (Å²) < 4.78 is 2.38. The Bertz CT molecular complexity index is 2700. The first-order valence-electron chi connectivity index (χ1n) is 17.8. The number of nitrogens with zero attached hydrogens (tertiary/aromatic N) is 4. The van der Waals surface area contributed by atoms with E-state index in [1.165, 1.54) is 33.0 Å². The third kappa shape index (κ3) is 4.79. The number of aromatic nitrogens is 4. The molecule has 7 aromatic carbocycles. The first-order valence-corrected chi connectivity index (χ1v) is 17.8. The van der Waals surface area contributed by atoms with Gasteiger partial charge in [-0.3, -0.25) is 0 Å². The Hall–Kier alpha value is -6.65. The number of hydrogen-bond donors (Lipinski definition) is 0. The van der Waals surface area contributed by atoms with Gasteiger partial charge in [-0.25, -0.2) is 15.0 Å². The first-order chi connectivity index (χ1) is 25.5. The minimum absolute atomic E-state index is 0.113. The van der Waals surface area contributed by atoms with Crippen molar-refractivity contribution in [2.45, 2.75) is 19.3 Å². The third-order valence-corrected chi connectivity index (χ3v) is 10.6. The summed E-state index contributed by atoms with van der Waals surface area (Å²) in [6, 6.07) is 60.2. The molecule has 0 radical (unpaired) electrons. The molecule has 0 saturated heterocycles. The summed E-state index contributed by atoms with van der Waals surface area (Å²) in [5, 5.41) is 2.44. The van der Waals surface area contributed by atoms with Gasteiger partial charge in [0, 0.05) is 38.6 Å². The van der Waals surface area contributed by atoms with Crippen molar-refractivity contribution in [3.8, 4) is 62.1 Å². The van der Waals surface area contributed by atoms with Crippen LogP contribution in [0.3, 0.4) is 0 Å². The number of para-hydroxylation sites is 2. The summed E-state index contributed by atoms with van der Waals surface area (Å²) in [7, 11) is 0. The summed E-state index contributed by atoms with van der Waals surface area (Å²) >= 11 is 0. The topological polar surface area (TPSA) is 43.6 Å². The SMILES string of the molecule is CC1(C)c2ccccc2-c2ccc(-c3cc(-c4nc(-c5ccccc5)nc(-c5ccccc5)n4)cc(-n4c5ccccc5c5ccccc54)c3)cc21. The fraction of sp³-hybridized carbons (Fsp3) is 0.0625. The maximum atomic E-state index is 5.16. The van der Waals surface area contributed by atoms with Crippen LogP contribution in [-0.2, 0) is 5.41 Å². The molecule has 246 valence electrons. The molecule has 1 aliphatic rings. The minimum atomic E-state index is -0.113. The molecule has 0 bridgehead atoms. The van der Waals surface area contributed by atoms with Crippen molar-refractivity contribution in [2.24, 2.45) is 0 Å². The second kappa shape index (κ2) is 11.7. The monoisotopic (exact) mass is 666 g/mol. The molecule has 0 amide bonds. The zero-order valence-electron chi connectivity index (χ0n) is 29.0. The van der Waals surface area contributed by atoms with Crippen molar-refractivity contribution in [1.82, 2.24) is 19.5 Å². The predicted molar refractivity (Wildman–Crippen MR) is 213 cm³/mol. The Morgan fingerprint density at radius 1 is 0.385 bits per heavy atom. The van der Waals surface area contributed by atoms with E-state index >= 15 is 0 Å². The highest BCUT2D eigenvalue weighted by molar-refractivity contribution is 6.09. The standard InChI is InChI=1S/C48H34N4/c1-48(2)41-22-12-9-19-37(41)38-26-25-33(30-42(38)48)34-27-35(29-36(28-34)52-43-23-13-10-20-39(43)40-21-11-14-24-44(40)52)47-50-45(31-15-5-3-6-16-31)49-46(51-47)32-17-7-4-8-18-32/h3-30H,1-2H3. The molecule has 0 spiro atoms. The van der Waals surface area contributed by atoms with Crippen LogP contribution >= 0.6 is 0 Å². The molecular weight excluding hydrogens is 633 g/mol. The Labute approximate surface area is 302 Å². The van der Waals surface area contributed by atoms with Gasteiger partial charge in [0.15, 0.2) is 17.5 Å². The molecular formula is C48H34N4. The molecule has 4 heteroatoms. The third-order valence-electron chi connectivity index (χ3n) is 10.6. The summed E-state index contributed by atoms with van der Waals surface area (Å²) in [6.45, 7) is 4.67. The summed E-state index contributed by atoms with van der Waals surface area (Å²) in [5.74, 6) is 1.92.